The molecule has 0 radical (unpaired) electrons. The van der Waals surface area contributed by atoms with Crippen LogP contribution >= 0.6 is 0 Å². The third-order valence-electron chi connectivity index (χ3n) is 5.15. The van der Waals surface area contributed by atoms with Crippen LogP contribution in [0.15, 0.2) is 60.9 Å². The second-order valence-electron chi connectivity index (χ2n) is 7.74. The van der Waals surface area contributed by atoms with Gasteiger partial charge >= 0.3 is 28.3 Å². The Morgan fingerprint density at radius 1 is 0.971 bits per heavy atom. The van der Waals surface area contributed by atoms with Crippen LogP contribution in [0.1, 0.15) is 17.5 Å². The summed E-state index contributed by atoms with van der Waals surface area (Å²) in [6.45, 7) is 1.21. The fourth-order valence-corrected chi connectivity index (χ4v) is 3.51. The first-order valence-electron chi connectivity index (χ1n) is 10.7. The van der Waals surface area contributed by atoms with Crippen molar-refractivity contribution in [1.82, 2.24) is 9.55 Å². The Morgan fingerprint density at radius 2 is 1.49 bits per heavy atom. The van der Waals surface area contributed by atoms with Crippen molar-refractivity contribution in [1.29, 1.82) is 0 Å². The van der Waals surface area contributed by atoms with Crippen LogP contribution in [0, 0.1) is 16.0 Å². The van der Waals surface area contributed by atoms with Gasteiger partial charge in [0.05, 0.1) is 12.6 Å². The van der Waals surface area contributed by atoms with Crippen molar-refractivity contribution in [2.45, 2.75) is 32.2 Å². The summed E-state index contributed by atoms with van der Waals surface area (Å²) in [4.78, 5) is 14.1. The molecule has 1 atom stereocenters. The summed E-state index contributed by atoms with van der Waals surface area (Å²) in [6.07, 6.45) is 2.17. The molecule has 0 saturated carbocycles. The summed E-state index contributed by atoms with van der Waals surface area (Å²) in [7, 11) is 0. The number of para-hydroxylation sites is 2. The van der Waals surface area contributed by atoms with Gasteiger partial charge in [0.25, 0.3) is 0 Å². The first-order valence-corrected chi connectivity index (χ1v) is 11.4. The van der Waals surface area contributed by atoms with E-state index in [9.17, 15) is 25.4 Å². The molecule has 1 aromatic heterocycles. The van der Waals surface area contributed by atoms with Crippen molar-refractivity contribution in [2.24, 2.45) is 5.92 Å². The van der Waals surface area contributed by atoms with Gasteiger partial charge in [0.1, 0.15) is 12.4 Å². The average molecular weight is 566 g/mol. The molecule has 3 rings (SSSR count). The fourth-order valence-electron chi connectivity index (χ4n) is 3.51. The molecule has 1 unspecified atom stereocenters. The number of aliphatic hydroxyl groups excluding tert-OH is 1. The Kier molecular flexibility index (Phi) is 12.2. The molecule has 0 bridgehead atoms. The molecule has 0 amide bonds. The van der Waals surface area contributed by atoms with E-state index in [0.717, 1.165) is 18.9 Å². The molecule has 0 aliphatic rings. The summed E-state index contributed by atoms with van der Waals surface area (Å²) < 4.78 is 9.51. The topological polar surface area (TPSA) is 173 Å². The van der Waals surface area contributed by atoms with Crippen molar-refractivity contribution in [3.63, 3.8) is 0 Å². The van der Waals surface area contributed by atoms with Crippen LogP contribution < -0.4 is 10.2 Å². The summed E-state index contributed by atoms with van der Waals surface area (Å²) in [5, 5.41) is 54.4. The molecule has 3 aromatic rings. The summed E-state index contributed by atoms with van der Waals surface area (Å²) in [6, 6.07) is 13.3. The Labute approximate surface area is 213 Å². The van der Waals surface area contributed by atoms with E-state index in [1.165, 1.54) is 29.1 Å². The maximum atomic E-state index is 11.9. The zero-order valence-corrected chi connectivity index (χ0v) is 20.6. The molecule has 0 spiro atoms. The molecule has 11 nitrogen and oxygen atoms in total. The van der Waals surface area contributed by atoms with Gasteiger partial charge in [-0.3, -0.25) is 0 Å². The molecule has 12 heteroatoms. The van der Waals surface area contributed by atoms with E-state index in [2.05, 4.69) is 15.6 Å². The van der Waals surface area contributed by atoms with E-state index in [4.69, 9.17) is 3.50 Å². The molecule has 35 heavy (non-hydrogen) atoms. The van der Waals surface area contributed by atoms with Gasteiger partial charge in [0.15, 0.2) is 0 Å². The van der Waals surface area contributed by atoms with Gasteiger partial charge in [-0.05, 0) is 11.3 Å². The van der Waals surface area contributed by atoms with Crippen LogP contribution in [-0.2, 0) is 42.0 Å². The van der Waals surface area contributed by atoms with E-state index in [0.29, 0.717) is 30.6 Å². The molecular weight excluding hydrogens is 541 g/mol. The van der Waals surface area contributed by atoms with Crippen LogP contribution in [0.25, 0.3) is 10.6 Å². The first kappa shape index (κ1) is 28.2. The summed E-state index contributed by atoms with van der Waals surface area (Å²) in [5.41, 5.74) is 1.17. The Morgan fingerprint density at radius 3 is 1.97 bits per heavy atom. The molecule has 0 aliphatic heterocycles. The average Bonchev–Trinajstić information content (AvgIpc) is 3.31. The second-order valence-corrected chi connectivity index (χ2v) is 7.74. The molecule has 1 N–H and O–H groups in total. The Hall–Kier alpha value is -3.02. The van der Waals surface area contributed by atoms with E-state index in [1.54, 1.807) is 36.4 Å². The first-order chi connectivity index (χ1) is 16.9. The second kappa shape index (κ2) is 15.1. The van der Waals surface area contributed by atoms with Gasteiger partial charge in [0.2, 0.25) is 0 Å². The third kappa shape index (κ3) is 9.27. The SMILES string of the molecule is O=[N+]([O-])c1nccn1CC(O)CC(C[N-]Cc1ccccc1[O-])C[N-]Cc1ccccc1[O-].[O]=[99Tc]. The Balaban J connectivity index is 0.00000210. The quantitative estimate of drug-likeness (QED) is 0.244. The van der Waals surface area contributed by atoms with Crippen LogP contribution in [0.2, 0.25) is 0 Å². The summed E-state index contributed by atoms with van der Waals surface area (Å²) in [5.74, 6) is -0.664. The maximum absolute atomic E-state index is 11.9. The van der Waals surface area contributed by atoms with Crippen LogP contribution in [-0.4, -0.2) is 38.8 Å². The number of nitro groups is 1. The van der Waals surface area contributed by atoms with E-state index in [-0.39, 0.29) is 43.0 Å². The van der Waals surface area contributed by atoms with Crippen LogP contribution in [0.5, 0.6) is 11.5 Å². The third-order valence-corrected chi connectivity index (χ3v) is 5.15. The van der Waals surface area contributed by atoms with Gasteiger partial charge in [0, 0.05) is 0 Å². The molecule has 189 valence electrons. The molecule has 0 fully saturated rings. The molecule has 0 saturated heterocycles. The van der Waals surface area contributed by atoms with Crippen molar-refractivity contribution >= 4 is 5.95 Å². The minimum absolute atomic E-state index is 0.0135. The number of nitrogens with zero attached hydrogens (tertiary/aromatic N) is 5. The number of aromatic nitrogens is 2. The monoisotopic (exact) mass is 566 g/mol. The van der Waals surface area contributed by atoms with Gasteiger partial charge in [-0.25, -0.2) is 4.57 Å². The van der Waals surface area contributed by atoms with Crippen molar-refractivity contribution in [3.05, 3.63) is 92.8 Å². The minimum atomic E-state index is -0.883. The van der Waals surface area contributed by atoms with Gasteiger partial charge in [-0.1, -0.05) is 70.6 Å². The fraction of sp³-hybridized carbons (Fsp3) is 0.348. The van der Waals surface area contributed by atoms with Crippen molar-refractivity contribution in [2.75, 3.05) is 13.1 Å². The zero-order chi connectivity index (χ0) is 25.6. The number of imidazole rings is 1. The van der Waals surface area contributed by atoms with Crippen molar-refractivity contribution < 1.29 is 42.6 Å². The number of hydrogen-bond donors (Lipinski definition) is 1. The number of aliphatic hydroxyl groups is 1. The normalized spacial score (nSPS) is 11.6. The molecule has 0 aliphatic carbocycles. The van der Waals surface area contributed by atoms with Gasteiger partial charge < -0.3 is 36.1 Å². The van der Waals surface area contributed by atoms with Crippen LogP contribution in [0.3, 0.4) is 0 Å². The molecule has 1 heterocycles. The number of rotatable bonds is 13. The standard InChI is InChI=1S/C23H27N5O5.O.Tc/c29-20(16-27-10-9-26-23(27)28(32)33)11-17(12-24-14-18-5-1-3-7-21(18)30)13-25-15-19-6-2-4-8-22(19)31;;/h1-10,17,20,29-31H,11-16H2;;/q-2;;/p-2/i;;1+1. The van der Waals surface area contributed by atoms with Crippen molar-refractivity contribution in [3.8, 4) is 11.5 Å². The summed E-state index contributed by atoms with van der Waals surface area (Å²) >= 11 is 0.900. The predicted molar refractivity (Wildman–Crippen MR) is 119 cm³/mol. The zero-order valence-electron chi connectivity index (χ0n) is 18.8. The van der Waals surface area contributed by atoms with E-state index in [1.807, 2.05) is 0 Å². The number of hydrogen-bond acceptors (Lipinski definition) is 7. The van der Waals surface area contributed by atoms with Crippen LogP contribution in [0.4, 0.5) is 5.95 Å². The Bertz CT molecular complexity index is 1010. The number of benzene rings is 2. The molecular formula is C23H25N5O6Tc-4. The van der Waals surface area contributed by atoms with E-state index < -0.39 is 11.0 Å². The van der Waals surface area contributed by atoms with Gasteiger partial charge in [-0.2, -0.15) is 0 Å². The predicted octanol–water partition coefficient (Wildman–Crippen LogP) is 2.33. The van der Waals surface area contributed by atoms with Gasteiger partial charge in [-0.15, -0.1) is 37.7 Å². The molecule has 2 aromatic carbocycles. The van der Waals surface area contributed by atoms with E-state index >= 15 is 0 Å².